The summed E-state index contributed by atoms with van der Waals surface area (Å²) in [4.78, 5) is 15.9. The van der Waals surface area contributed by atoms with Gasteiger partial charge in [-0.05, 0) is 25.8 Å². The Morgan fingerprint density at radius 1 is 1.58 bits per heavy atom. The summed E-state index contributed by atoms with van der Waals surface area (Å²) in [7, 11) is 0. The summed E-state index contributed by atoms with van der Waals surface area (Å²) in [5.74, 6) is 0.224. The number of aromatic nitrogens is 1. The number of nitrogens with one attached hydrogen (secondary N) is 1. The van der Waals surface area contributed by atoms with Crippen LogP contribution in [0.5, 0.6) is 0 Å². The highest BCUT2D eigenvalue weighted by molar-refractivity contribution is 5.95. The van der Waals surface area contributed by atoms with Gasteiger partial charge in [0.05, 0.1) is 24.1 Å². The molecule has 1 aliphatic heterocycles. The topological polar surface area (TPSA) is 86.5 Å². The smallest absolute Gasteiger partial charge is 0.340 e. The molecule has 0 atom stereocenters. The second kappa shape index (κ2) is 6.38. The number of nitrogen functional groups attached to an aromatic ring is 1. The predicted molar refractivity (Wildman–Crippen MR) is 72.1 cm³/mol. The van der Waals surface area contributed by atoms with E-state index in [2.05, 4.69) is 10.3 Å². The van der Waals surface area contributed by atoms with Crippen molar-refractivity contribution in [1.82, 2.24) is 4.98 Å². The molecule has 0 saturated carbocycles. The van der Waals surface area contributed by atoms with E-state index >= 15 is 0 Å². The van der Waals surface area contributed by atoms with Gasteiger partial charge in [-0.15, -0.1) is 0 Å². The molecule has 1 aromatic rings. The first-order valence-corrected chi connectivity index (χ1v) is 6.47. The Morgan fingerprint density at radius 2 is 2.32 bits per heavy atom. The molecular formula is C13H19N3O3. The van der Waals surface area contributed by atoms with Crippen LogP contribution in [-0.2, 0) is 9.47 Å². The predicted octanol–water partition coefficient (Wildman–Crippen LogP) is 1.43. The number of anilines is 2. The van der Waals surface area contributed by atoms with Crippen molar-refractivity contribution in [3.05, 3.63) is 17.8 Å². The van der Waals surface area contributed by atoms with Gasteiger partial charge in [-0.1, -0.05) is 0 Å². The lowest BCUT2D eigenvalue weighted by Gasteiger charge is -2.23. The van der Waals surface area contributed by atoms with E-state index in [1.165, 1.54) is 6.20 Å². The molecule has 0 aliphatic carbocycles. The normalized spacial score (nSPS) is 16.1. The second-order valence-corrected chi connectivity index (χ2v) is 4.41. The number of carbonyl (C=O) groups excluding carboxylic acids is 1. The van der Waals surface area contributed by atoms with Gasteiger partial charge >= 0.3 is 5.97 Å². The molecule has 6 heteroatoms. The van der Waals surface area contributed by atoms with Crippen molar-refractivity contribution in [2.45, 2.75) is 25.8 Å². The molecule has 2 heterocycles. The van der Waals surface area contributed by atoms with Crippen LogP contribution in [0.1, 0.15) is 30.1 Å². The molecular weight excluding hydrogens is 246 g/mol. The Labute approximate surface area is 112 Å². The van der Waals surface area contributed by atoms with Crippen LogP contribution in [0.3, 0.4) is 0 Å². The summed E-state index contributed by atoms with van der Waals surface area (Å²) < 4.78 is 10.3. The average Bonchev–Trinajstić information content (AvgIpc) is 2.42. The first kappa shape index (κ1) is 13.6. The summed E-state index contributed by atoms with van der Waals surface area (Å²) >= 11 is 0. The fourth-order valence-corrected chi connectivity index (χ4v) is 1.98. The van der Waals surface area contributed by atoms with Gasteiger partial charge in [0.1, 0.15) is 5.82 Å². The number of rotatable bonds is 4. The maximum absolute atomic E-state index is 11.7. The Balaban J connectivity index is 2.08. The number of hydrogen-bond acceptors (Lipinski definition) is 6. The summed E-state index contributed by atoms with van der Waals surface area (Å²) in [6, 6.07) is 1.96. The molecule has 1 saturated heterocycles. The van der Waals surface area contributed by atoms with Gasteiger partial charge in [-0.2, -0.15) is 0 Å². The van der Waals surface area contributed by atoms with Crippen molar-refractivity contribution >= 4 is 17.5 Å². The third-order valence-corrected chi connectivity index (χ3v) is 3.00. The molecule has 6 nitrogen and oxygen atoms in total. The van der Waals surface area contributed by atoms with Gasteiger partial charge in [0, 0.05) is 19.3 Å². The van der Waals surface area contributed by atoms with E-state index in [-0.39, 0.29) is 0 Å². The number of esters is 1. The van der Waals surface area contributed by atoms with Crippen molar-refractivity contribution < 1.29 is 14.3 Å². The molecule has 1 fully saturated rings. The molecule has 0 unspecified atom stereocenters. The number of ether oxygens (including phenoxy) is 2. The first-order valence-electron chi connectivity index (χ1n) is 6.47. The quantitative estimate of drug-likeness (QED) is 0.801. The lowest BCUT2D eigenvalue weighted by Crippen LogP contribution is -2.28. The lowest BCUT2D eigenvalue weighted by atomic mass is 10.1. The molecule has 0 aromatic carbocycles. The van der Waals surface area contributed by atoms with E-state index < -0.39 is 5.97 Å². The molecule has 0 spiro atoms. The van der Waals surface area contributed by atoms with Crippen LogP contribution in [-0.4, -0.2) is 36.8 Å². The van der Waals surface area contributed by atoms with Crippen molar-refractivity contribution in [2.24, 2.45) is 0 Å². The highest BCUT2D eigenvalue weighted by Gasteiger charge is 2.16. The van der Waals surface area contributed by atoms with Crippen molar-refractivity contribution in [3.8, 4) is 0 Å². The van der Waals surface area contributed by atoms with Crippen LogP contribution >= 0.6 is 0 Å². The first-order chi connectivity index (χ1) is 9.20. The minimum absolute atomic E-state index is 0.319. The maximum Gasteiger partial charge on any atom is 0.340 e. The molecule has 2 rings (SSSR count). The van der Waals surface area contributed by atoms with Crippen LogP contribution in [0.2, 0.25) is 0 Å². The zero-order valence-electron chi connectivity index (χ0n) is 11.0. The standard InChI is InChI=1S/C13H19N3O3/c1-2-19-13(17)10-7-12(15-8-11(10)14)16-9-3-5-18-6-4-9/h7-9H,2-6,14H2,1H3,(H,15,16). The van der Waals surface area contributed by atoms with Gasteiger partial charge in [0.25, 0.3) is 0 Å². The fraction of sp³-hybridized carbons (Fsp3) is 0.538. The Morgan fingerprint density at radius 3 is 3.00 bits per heavy atom. The van der Waals surface area contributed by atoms with Crippen LogP contribution < -0.4 is 11.1 Å². The molecule has 19 heavy (non-hydrogen) atoms. The summed E-state index contributed by atoms with van der Waals surface area (Å²) in [6.07, 6.45) is 3.34. The number of hydrogen-bond donors (Lipinski definition) is 2. The van der Waals surface area contributed by atoms with Crippen LogP contribution in [0.15, 0.2) is 12.3 Å². The zero-order chi connectivity index (χ0) is 13.7. The zero-order valence-corrected chi connectivity index (χ0v) is 11.0. The van der Waals surface area contributed by atoms with Crippen LogP contribution in [0.4, 0.5) is 11.5 Å². The minimum Gasteiger partial charge on any atom is -0.462 e. The SMILES string of the molecule is CCOC(=O)c1cc(NC2CCOCC2)ncc1N. The molecule has 0 bridgehead atoms. The fourth-order valence-electron chi connectivity index (χ4n) is 1.98. The van der Waals surface area contributed by atoms with Crippen molar-refractivity contribution in [1.29, 1.82) is 0 Å². The largest absolute Gasteiger partial charge is 0.462 e. The van der Waals surface area contributed by atoms with E-state index in [4.69, 9.17) is 15.2 Å². The summed E-state index contributed by atoms with van der Waals surface area (Å²) in [5, 5.41) is 3.29. The van der Waals surface area contributed by atoms with Gasteiger partial charge < -0.3 is 20.5 Å². The second-order valence-electron chi connectivity index (χ2n) is 4.41. The van der Waals surface area contributed by atoms with Crippen LogP contribution in [0, 0.1) is 0 Å². The Hall–Kier alpha value is -1.82. The van der Waals surface area contributed by atoms with Gasteiger partial charge in [-0.25, -0.2) is 9.78 Å². The highest BCUT2D eigenvalue weighted by Crippen LogP contribution is 2.19. The minimum atomic E-state index is -0.419. The maximum atomic E-state index is 11.7. The van der Waals surface area contributed by atoms with E-state index in [1.807, 2.05) is 0 Å². The van der Waals surface area contributed by atoms with E-state index in [9.17, 15) is 4.79 Å². The molecule has 104 valence electrons. The third kappa shape index (κ3) is 3.57. The Kier molecular flexibility index (Phi) is 4.57. The van der Waals surface area contributed by atoms with E-state index in [1.54, 1.807) is 13.0 Å². The van der Waals surface area contributed by atoms with Gasteiger partial charge in [0.2, 0.25) is 0 Å². The van der Waals surface area contributed by atoms with Crippen LogP contribution in [0.25, 0.3) is 0 Å². The van der Waals surface area contributed by atoms with Crippen molar-refractivity contribution in [2.75, 3.05) is 30.9 Å². The number of nitrogens with zero attached hydrogens (tertiary/aromatic N) is 1. The van der Waals surface area contributed by atoms with E-state index in [0.29, 0.717) is 29.7 Å². The number of nitrogens with two attached hydrogens (primary N) is 1. The Bertz CT molecular complexity index is 445. The lowest BCUT2D eigenvalue weighted by molar-refractivity contribution is 0.0527. The van der Waals surface area contributed by atoms with Gasteiger partial charge in [-0.3, -0.25) is 0 Å². The molecule has 0 radical (unpaired) electrons. The molecule has 0 amide bonds. The number of pyridine rings is 1. The average molecular weight is 265 g/mol. The van der Waals surface area contributed by atoms with Crippen molar-refractivity contribution in [3.63, 3.8) is 0 Å². The summed E-state index contributed by atoms with van der Waals surface area (Å²) in [6.45, 7) is 3.58. The molecule has 1 aromatic heterocycles. The molecule has 1 aliphatic rings. The summed E-state index contributed by atoms with van der Waals surface area (Å²) in [5.41, 5.74) is 6.43. The third-order valence-electron chi connectivity index (χ3n) is 3.00. The molecule has 3 N–H and O–H groups in total. The monoisotopic (exact) mass is 265 g/mol. The van der Waals surface area contributed by atoms with Gasteiger partial charge in [0.15, 0.2) is 0 Å². The van der Waals surface area contributed by atoms with E-state index in [0.717, 1.165) is 26.1 Å². The highest BCUT2D eigenvalue weighted by atomic mass is 16.5. The number of carbonyl (C=O) groups is 1.